The van der Waals surface area contributed by atoms with E-state index in [1.54, 1.807) is 0 Å². The highest BCUT2D eigenvalue weighted by atomic mass is 16.3. The van der Waals surface area contributed by atoms with Crippen molar-refractivity contribution in [2.75, 3.05) is 19.7 Å². The highest BCUT2D eigenvalue weighted by Crippen LogP contribution is 2.27. The maximum atomic E-state index is 10.0. The number of nitrogens with zero attached hydrogens (tertiary/aromatic N) is 1. The molecular weight excluding hydrogens is 248 g/mol. The average Bonchev–Trinajstić information content (AvgIpc) is 2.80. The minimum Gasteiger partial charge on any atom is -0.394 e. The summed E-state index contributed by atoms with van der Waals surface area (Å²) in [5, 5.41) is 13.9. The van der Waals surface area contributed by atoms with Crippen LogP contribution < -0.4 is 5.32 Å². The van der Waals surface area contributed by atoms with E-state index >= 15 is 0 Å². The molecule has 2 N–H and O–H groups in total. The number of nitrogens with one attached hydrogen (secondary N) is 1. The molecular formula is C17H34N2O. The summed E-state index contributed by atoms with van der Waals surface area (Å²) in [6, 6.07) is 1.26. The molecule has 1 aliphatic heterocycles. The van der Waals surface area contributed by atoms with Gasteiger partial charge < -0.3 is 15.3 Å². The van der Waals surface area contributed by atoms with E-state index in [2.05, 4.69) is 24.1 Å². The van der Waals surface area contributed by atoms with Gasteiger partial charge in [0.05, 0.1) is 6.61 Å². The van der Waals surface area contributed by atoms with Gasteiger partial charge >= 0.3 is 0 Å². The monoisotopic (exact) mass is 282 g/mol. The molecule has 1 saturated heterocycles. The Bertz CT molecular complexity index is 274. The van der Waals surface area contributed by atoms with Crippen molar-refractivity contribution in [2.45, 2.75) is 89.3 Å². The lowest BCUT2D eigenvalue weighted by Gasteiger charge is -2.36. The minimum absolute atomic E-state index is 0.0152. The van der Waals surface area contributed by atoms with Crippen molar-refractivity contribution in [3.8, 4) is 0 Å². The highest BCUT2D eigenvalue weighted by molar-refractivity contribution is 4.94. The van der Waals surface area contributed by atoms with Crippen molar-refractivity contribution in [1.82, 2.24) is 10.2 Å². The Morgan fingerprint density at radius 1 is 1.05 bits per heavy atom. The minimum atomic E-state index is -0.0152. The fourth-order valence-electron chi connectivity index (χ4n) is 3.94. The molecule has 0 aromatic carbocycles. The van der Waals surface area contributed by atoms with Gasteiger partial charge in [-0.25, -0.2) is 0 Å². The molecule has 20 heavy (non-hydrogen) atoms. The number of likely N-dealkylation sites (tertiary alicyclic amines) is 1. The SMILES string of the molecule is CC(C)N1CCCC(CO)(NC2CCCCCC2)CC1. The van der Waals surface area contributed by atoms with Crippen LogP contribution in [0.4, 0.5) is 0 Å². The number of hydrogen-bond acceptors (Lipinski definition) is 3. The van der Waals surface area contributed by atoms with Crippen LogP contribution in [0.1, 0.15) is 71.6 Å². The molecule has 0 radical (unpaired) electrons. The van der Waals surface area contributed by atoms with Crippen molar-refractivity contribution >= 4 is 0 Å². The lowest BCUT2D eigenvalue weighted by Crippen LogP contribution is -2.53. The van der Waals surface area contributed by atoms with Gasteiger partial charge in [0.15, 0.2) is 0 Å². The molecule has 2 aliphatic rings. The third-order valence-electron chi connectivity index (χ3n) is 5.38. The Hall–Kier alpha value is -0.120. The second-order valence-corrected chi connectivity index (χ2v) is 7.25. The van der Waals surface area contributed by atoms with Crippen molar-refractivity contribution in [2.24, 2.45) is 0 Å². The van der Waals surface area contributed by atoms with Crippen LogP contribution in [-0.2, 0) is 0 Å². The zero-order chi connectivity index (χ0) is 14.4. The predicted molar refractivity (Wildman–Crippen MR) is 85.0 cm³/mol. The van der Waals surface area contributed by atoms with Gasteiger partial charge in [0.2, 0.25) is 0 Å². The van der Waals surface area contributed by atoms with Gasteiger partial charge in [-0.05, 0) is 52.5 Å². The third-order valence-corrected chi connectivity index (χ3v) is 5.38. The maximum Gasteiger partial charge on any atom is 0.0613 e. The summed E-state index contributed by atoms with van der Waals surface area (Å²) >= 11 is 0. The molecule has 3 heteroatoms. The fourth-order valence-corrected chi connectivity index (χ4v) is 3.94. The van der Waals surface area contributed by atoms with E-state index in [1.165, 1.54) is 51.5 Å². The van der Waals surface area contributed by atoms with E-state index < -0.39 is 0 Å². The topological polar surface area (TPSA) is 35.5 Å². The van der Waals surface area contributed by atoms with E-state index in [9.17, 15) is 5.11 Å². The van der Waals surface area contributed by atoms with Crippen LogP contribution in [0.2, 0.25) is 0 Å². The maximum absolute atomic E-state index is 10.0. The fraction of sp³-hybridized carbons (Fsp3) is 1.00. The smallest absolute Gasteiger partial charge is 0.0613 e. The number of hydrogen-bond donors (Lipinski definition) is 2. The molecule has 0 amide bonds. The molecule has 1 atom stereocenters. The zero-order valence-electron chi connectivity index (χ0n) is 13.5. The first-order valence-corrected chi connectivity index (χ1v) is 8.78. The summed E-state index contributed by atoms with van der Waals surface area (Å²) in [4.78, 5) is 2.56. The van der Waals surface area contributed by atoms with Crippen LogP contribution in [-0.4, -0.2) is 47.3 Å². The third kappa shape index (κ3) is 4.44. The molecule has 0 aromatic rings. The highest BCUT2D eigenvalue weighted by Gasteiger charge is 2.34. The van der Waals surface area contributed by atoms with Gasteiger partial charge in [-0.3, -0.25) is 0 Å². The molecule has 1 heterocycles. The van der Waals surface area contributed by atoms with E-state index in [4.69, 9.17) is 0 Å². The summed E-state index contributed by atoms with van der Waals surface area (Å²) < 4.78 is 0. The Kier molecular flexibility index (Phi) is 6.31. The first-order chi connectivity index (χ1) is 9.65. The molecule has 3 nitrogen and oxygen atoms in total. The van der Waals surface area contributed by atoms with Crippen LogP contribution in [0.5, 0.6) is 0 Å². The normalized spacial score (nSPS) is 31.2. The van der Waals surface area contributed by atoms with Crippen molar-refractivity contribution < 1.29 is 5.11 Å². The Morgan fingerprint density at radius 2 is 1.75 bits per heavy atom. The van der Waals surface area contributed by atoms with Gasteiger partial charge in [0.25, 0.3) is 0 Å². The summed E-state index contributed by atoms with van der Waals surface area (Å²) in [5.41, 5.74) is -0.0152. The van der Waals surface area contributed by atoms with Crippen molar-refractivity contribution in [3.63, 3.8) is 0 Å². The van der Waals surface area contributed by atoms with E-state index in [1.807, 2.05) is 0 Å². The second-order valence-electron chi connectivity index (χ2n) is 7.25. The van der Waals surface area contributed by atoms with Crippen LogP contribution in [0.3, 0.4) is 0 Å². The molecule has 0 aromatic heterocycles. The zero-order valence-corrected chi connectivity index (χ0v) is 13.5. The largest absolute Gasteiger partial charge is 0.394 e. The molecule has 0 bridgehead atoms. The molecule has 0 spiro atoms. The molecule has 2 rings (SSSR count). The lowest BCUT2D eigenvalue weighted by molar-refractivity contribution is 0.124. The van der Waals surface area contributed by atoms with Crippen LogP contribution in [0, 0.1) is 0 Å². The summed E-state index contributed by atoms with van der Waals surface area (Å²) in [5.74, 6) is 0. The van der Waals surface area contributed by atoms with Crippen molar-refractivity contribution in [3.05, 3.63) is 0 Å². The molecule has 118 valence electrons. The Labute approximate surface area is 125 Å². The second kappa shape index (κ2) is 7.77. The molecule has 2 fully saturated rings. The quantitative estimate of drug-likeness (QED) is 0.778. The standard InChI is InChI=1S/C17H34N2O/c1-15(2)19-12-7-10-17(14-20,11-13-19)18-16-8-5-3-4-6-9-16/h15-16,18,20H,3-14H2,1-2H3. The van der Waals surface area contributed by atoms with Crippen LogP contribution >= 0.6 is 0 Å². The lowest BCUT2D eigenvalue weighted by atomic mass is 9.89. The van der Waals surface area contributed by atoms with Gasteiger partial charge in [0.1, 0.15) is 0 Å². The van der Waals surface area contributed by atoms with Gasteiger partial charge in [-0.1, -0.05) is 25.7 Å². The van der Waals surface area contributed by atoms with Gasteiger partial charge in [-0.15, -0.1) is 0 Å². The molecule has 1 aliphatic carbocycles. The number of rotatable bonds is 4. The van der Waals surface area contributed by atoms with Crippen LogP contribution in [0.15, 0.2) is 0 Å². The van der Waals surface area contributed by atoms with Gasteiger partial charge in [0, 0.05) is 24.2 Å². The first kappa shape index (κ1) is 16.3. The number of aliphatic hydroxyl groups excluding tert-OH is 1. The average molecular weight is 282 g/mol. The van der Waals surface area contributed by atoms with Gasteiger partial charge in [-0.2, -0.15) is 0 Å². The summed E-state index contributed by atoms with van der Waals surface area (Å²) in [6.45, 7) is 7.18. The molecule has 1 saturated carbocycles. The summed E-state index contributed by atoms with van der Waals surface area (Å²) in [6.07, 6.45) is 11.5. The first-order valence-electron chi connectivity index (χ1n) is 8.78. The van der Waals surface area contributed by atoms with E-state index in [0.717, 1.165) is 19.4 Å². The Balaban J connectivity index is 1.94. The van der Waals surface area contributed by atoms with Crippen LogP contribution in [0.25, 0.3) is 0 Å². The summed E-state index contributed by atoms with van der Waals surface area (Å²) in [7, 11) is 0. The van der Waals surface area contributed by atoms with Crippen molar-refractivity contribution in [1.29, 1.82) is 0 Å². The number of aliphatic hydroxyl groups is 1. The predicted octanol–water partition coefficient (Wildman–Crippen LogP) is 2.92. The van der Waals surface area contributed by atoms with E-state index in [0.29, 0.717) is 18.7 Å². The Morgan fingerprint density at radius 3 is 2.35 bits per heavy atom. The van der Waals surface area contributed by atoms with E-state index in [-0.39, 0.29) is 5.54 Å². The molecule has 1 unspecified atom stereocenters.